The number of amides is 1. The molecular formula is C19H16FN3O3S. The number of benzene rings is 2. The molecule has 4 rings (SSSR count). The first kappa shape index (κ1) is 17.4. The number of fused-ring (bicyclic) bond motifs is 1. The standard InChI is InChI=1S/C19H16FN3O3S/c1-10(24)23-16(9-14(22-23)11-3-5-13(20)6-4-11)12-7-15-18(17(8-12)25-2)26-19(27)21-15/h3-8,16H,9H2,1-2H3,(H,21,27). The van der Waals surface area contributed by atoms with E-state index in [4.69, 9.17) is 21.4 Å². The van der Waals surface area contributed by atoms with E-state index in [-0.39, 0.29) is 22.6 Å². The highest BCUT2D eigenvalue weighted by Gasteiger charge is 2.32. The molecule has 27 heavy (non-hydrogen) atoms. The lowest BCUT2D eigenvalue weighted by molar-refractivity contribution is -0.130. The van der Waals surface area contributed by atoms with Crippen LogP contribution in [-0.2, 0) is 4.79 Å². The number of carbonyl (C=O) groups excluding carboxylic acids is 1. The number of oxazole rings is 1. The fraction of sp³-hybridized carbons (Fsp3) is 0.211. The van der Waals surface area contributed by atoms with Gasteiger partial charge in [0.1, 0.15) is 5.82 Å². The average molecular weight is 385 g/mol. The fourth-order valence-corrected chi connectivity index (χ4v) is 3.46. The molecule has 2 heterocycles. The highest BCUT2D eigenvalue weighted by molar-refractivity contribution is 7.71. The van der Waals surface area contributed by atoms with E-state index < -0.39 is 0 Å². The van der Waals surface area contributed by atoms with Gasteiger partial charge in [0.2, 0.25) is 5.91 Å². The van der Waals surface area contributed by atoms with Gasteiger partial charge in [-0.15, -0.1) is 0 Å². The normalized spacial score (nSPS) is 16.6. The van der Waals surface area contributed by atoms with E-state index in [1.54, 1.807) is 19.2 Å². The number of hydrazone groups is 1. The van der Waals surface area contributed by atoms with Crippen LogP contribution in [0.25, 0.3) is 11.1 Å². The molecule has 6 nitrogen and oxygen atoms in total. The molecule has 1 aromatic heterocycles. The van der Waals surface area contributed by atoms with Crippen molar-refractivity contribution in [2.75, 3.05) is 7.11 Å². The number of hydrogen-bond donors (Lipinski definition) is 1. The Balaban J connectivity index is 1.77. The molecule has 0 radical (unpaired) electrons. The number of aromatic nitrogens is 1. The van der Waals surface area contributed by atoms with Crippen LogP contribution < -0.4 is 4.74 Å². The topological polar surface area (TPSA) is 70.8 Å². The molecule has 0 spiro atoms. The fourth-order valence-electron chi connectivity index (χ4n) is 3.27. The summed E-state index contributed by atoms with van der Waals surface area (Å²) in [5.41, 5.74) is 3.55. The smallest absolute Gasteiger partial charge is 0.267 e. The summed E-state index contributed by atoms with van der Waals surface area (Å²) in [6, 6.07) is 9.46. The van der Waals surface area contributed by atoms with Crippen LogP contribution in [0.15, 0.2) is 45.9 Å². The Kier molecular flexibility index (Phi) is 4.27. The van der Waals surface area contributed by atoms with Crippen molar-refractivity contribution in [3.8, 4) is 5.75 Å². The van der Waals surface area contributed by atoms with E-state index in [9.17, 15) is 9.18 Å². The van der Waals surface area contributed by atoms with Crippen molar-refractivity contribution in [1.82, 2.24) is 9.99 Å². The van der Waals surface area contributed by atoms with E-state index >= 15 is 0 Å². The van der Waals surface area contributed by atoms with Crippen molar-refractivity contribution in [3.63, 3.8) is 0 Å². The summed E-state index contributed by atoms with van der Waals surface area (Å²) in [6.07, 6.45) is 0.498. The van der Waals surface area contributed by atoms with E-state index in [0.717, 1.165) is 16.8 Å². The molecule has 1 aliphatic rings. The molecule has 2 aromatic carbocycles. The van der Waals surface area contributed by atoms with E-state index in [1.165, 1.54) is 24.1 Å². The van der Waals surface area contributed by atoms with Crippen molar-refractivity contribution in [1.29, 1.82) is 0 Å². The number of carbonyl (C=O) groups is 1. The van der Waals surface area contributed by atoms with Crippen LogP contribution >= 0.6 is 12.2 Å². The molecule has 138 valence electrons. The van der Waals surface area contributed by atoms with Crippen molar-refractivity contribution in [2.45, 2.75) is 19.4 Å². The first-order chi connectivity index (χ1) is 13.0. The summed E-state index contributed by atoms with van der Waals surface area (Å²) in [7, 11) is 1.54. The van der Waals surface area contributed by atoms with Gasteiger partial charge in [-0.2, -0.15) is 5.10 Å². The minimum absolute atomic E-state index is 0.184. The van der Waals surface area contributed by atoms with Crippen molar-refractivity contribution in [2.24, 2.45) is 5.10 Å². The van der Waals surface area contributed by atoms with Gasteiger partial charge >= 0.3 is 0 Å². The first-order valence-corrected chi connectivity index (χ1v) is 8.71. The van der Waals surface area contributed by atoms with Crippen LogP contribution in [0, 0.1) is 10.7 Å². The van der Waals surface area contributed by atoms with E-state index in [1.807, 2.05) is 12.1 Å². The van der Waals surface area contributed by atoms with Gasteiger partial charge in [-0.05, 0) is 47.6 Å². The van der Waals surface area contributed by atoms with Gasteiger partial charge in [0, 0.05) is 13.3 Å². The molecule has 1 amide bonds. The molecule has 0 saturated carbocycles. The molecule has 1 N–H and O–H groups in total. The second-order valence-corrected chi connectivity index (χ2v) is 6.62. The Labute approximate surface area is 159 Å². The third-order valence-electron chi connectivity index (χ3n) is 4.52. The maximum absolute atomic E-state index is 13.2. The van der Waals surface area contributed by atoms with Crippen molar-refractivity contribution < 1.29 is 18.3 Å². The molecule has 1 aliphatic heterocycles. The Hall–Kier alpha value is -3.00. The summed E-state index contributed by atoms with van der Waals surface area (Å²) in [5, 5.41) is 5.91. The lowest BCUT2D eigenvalue weighted by Gasteiger charge is -2.21. The highest BCUT2D eigenvalue weighted by atomic mass is 32.1. The van der Waals surface area contributed by atoms with E-state index in [2.05, 4.69) is 10.1 Å². The summed E-state index contributed by atoms with van der Waals surface area (Å²) in [4.78, 5) is 15.4. The number of aromatic amines is 1. The van der Waals surface area contributed by atoms with Crippen LogP contribution in [-0.4, -0.2) is 28.7 Å². The second kappa shape index (κ2) is 6.62. The van der Waals surface area contributed by atoms with Gasteiger partial charge in [0.05, 0.1) is 24.4 Å². The molecular weight excluding hydrogens is 369 g/mol. The SMILES string of the molecule is COc1cc(C2CC(c3ccc(F)cc3)=NN2C(C)=O)cc2[nH]c(=S)oc12. The molecule has 0 fully saturated rings. The summed E-state index contributed by atoms with van der Waals surface area (Å²) in [5.74, 6) is 0.0209. The zero-order valence-corrected chi connectivity index (χ0v) is 15.5. The van der Waals surface area contributed by atoms with Crippen molar-refractivity contribution >= 4 is 34.9 Å². The predicted molar refractivity (Wildman–Crippen MR) is 101 cm³/mol. The van der Waals surface area contributed by atoms with E-state index in [0.29, 0.717) is 23.3 Å². The maximum atomic E-state index is 13.2. The number of methoxy groups -OCH3 is 1. The summed E-state index contributed by atoms with van der Waals surface area (Å²) < 4.78 is 24.1. The van der Waals surface area contributed by atoms with Gasteiger partial charge in [0.25, 0.3) is 4.84 Å². The Bertz CT molecular complexity index is 1120. The largest absolute Gasteiger partial charge is 0.493 e. The number of H-pyrrole nitrogens is 1. The van der Waals surface area contributed by atoms with Gasteiger partial charge in [-0.25, -0.2) is 9.40 Å². The maximum Gasteiger partial charge on any atom is 0.267 e. The number of rotatable bonds is 3. The zero-order valence-electron chi connectivity index (χ0n) is 14.7. The molecule has 0 aliphatic carbocycles. The number of nitrogens with zero attached hydrogens (tertiary/aromatic N) is 2. The number of halogens is 1. The van der Waals surface area contributed by atoms with Crippen LogP contribution in [0.5, 0.6) is 5.75 Å². The van der Waals surface area contributed by atoms with Crippen LogP contribution in [0.2, 0.25) is 0 Å². The molecule has 0 saturated heterocycles. The number of hydrogen-bond acceptors (Lipinski definition) is 5. The Morgan fingerprint density at radius 1 is 1.37 bits per heavy atom. The molecule has 3 aromatic rings. The quantitative estimate of drug-likeness (QED) is 0.681. The molecule has 1 atom stereocenters. The molecule has 1 unspecified atom stereocenters. The lowest BCUT2D eigenvalue weighted by Crippen LogP contribution is -2.24. The average Bonchev–Trinajstić information content (AvgIpc) is 3.24. The molecule has 8 heteroatoms. The predicted octanol–water partition coefficient (Wildman–Crippen LogP) is 4.34. The first-order valence-electron chi connectivity index (χ1n) is 8.30. The highest BCUT2D eigenvalue weighted by Crippen LogP contribution is 2.37. The van der Waals surface area contributed by atoms with Crippen molar-refractivity contribution in [3.05, 3.63) is 58.2 Å². The number of nitrogens with one attached hydrogen (secondary N) is 1. The zero-order chi connectivity index (χ0) is 19.1. The monoisotopic (exact) mass is 385 g/mol. The molecule has 0 bridgehead atoms. The number of ether oxygens (including phenoxy) is 1. The van der Waals surface area contributed by atoms with Gasteiger partial charge in [0.15, 0.2) is 11.3 Å². The van der Waals surface area contributed by atoms with Gasteiger partial charge < -0.3 is 14.1 Å². The van der Waals surface area contributed by atoms with Crippen LogP contribution in [0.1, 0.15) is 30.5 Å². The minimum Gasteiger partial charge on any atom is -0.493 e. The van der Waals surface area contributed by atoms with Gasteiger partial charge in [-0.1, -0.05) is 12.1 Å². The lowest BCUT2D eigenvalue weighted by atomic mass is 9.98. The third kappa shape index (κ3) is 3.12. The van der Waals surface area contributed by atoms with Gasteiger partial charge in [-0.3, -0.25) is 4.79 Å². The van der Waals surface area contributed by atoms with Crippen LogP contribution in [0.4, 0.5) is 4.39 Å². The minimum atomic E-state index is -0.317. The Morgan fingerprint density at radius 3 is 2.78 bits per heavy atom. The summed E-state index contributed by atoms with van der Waals surface area (Å²) in [6.45, 7) is 1.46. The third-order valence-corrected chi connectivity index (χ3v) is 4.71. The second-order valence-electron chi connectivity index (χ2n) is 6.25. The van der Waals surface area contributed by atoms with Crippen LogP contribution in [0.3, 0.4) is 0 Å². The Morgan fingerprint density at radius 2 is 2.11 bits per heavy atom. The summed E-state index contributed by atoms with van der Waals surface area (Å²) >= 11 is 5.06.